The van der Waals surface area contributed by atoms with Crippen LogP contribution in [0.3, 0.4) is 0 Å². The van der Waals surface area contributed by atoms with E-state index in [2.05, 4.69) is 0 Å². The average Bonchev–Trinajstić information content (AvgIpc) is 2.76. The Bertz CT molecular complexity index is 622. The first-order chi connectivity index (χ1) is 12.0. The van der Waals surface area contributed by atoms with Gasteiger partial charge in [-0.2, -0.15) is 0 Å². The third-order valence-corrected chi connectivity index (χ3v) is 5.22. The van der Waals surface area contributed by atoms with Gasteiger partial charge in [0.15, 0.2) is 23.0 Å². The summed E-state index contributed by atoms with van der Waals surface area (Å²) in [6.45, 7) is 10.9. The fourth-order valence-corrected chi connectivity index (χ4v) is 3.28. The van der Waals surface area contributed by atoms with Crippen molar-refractivity contribution >= 4 is 17.3 Å². The van der Waals surface area contributed by atoms with E-state index in [1.165, 1.54) is 0 Å². The van der Waals surface area contributed by atoms with E-state index in [-0.39, 0.29) is 12.8 Å². The summed E-state index contributed by atoms with van der Waals surface area (Å²) < 4.78 is 0. The van der Waals surface area contributed by atoms with Crippen LogP contribution >= 0.6 is 0 Å². The van der Waals surface area contributed by atoms with Crippen molar-refractivity contribution in [1.29, 1.82) is 0 Å². The van der Waals surface area contributed by atoms with Crippen LogP contribution in [0.25, 0.3) is 0 Å². The van der Waals surface area contributed by atoms with Crippen molar-refractivity contribution in [1.82, 2.24) is 0 Å². The Morgan fingerprint density at radius 2 is 1.69 bits per heavy atom. The second-order valence-corrected chi connectivity index (χ2v) is 7.84. The van der Waals surface area contributed by atoms with Gasteiger partial charge in [-0.3, -0.25) is 14.4 Å². The van der Waals surface area contributed by atoms with E-state index in [0.717, 1.165) is 11.1 Å². The fraction of sp³-hybridized carbons (Fsp3) is 0.667. The van der Waals surface area contributed by atoms with Crippen molar-refractivity contribution in [2.24, 2.45) is 17.8 Å². The fourth-order valence-electron chi connectivity index (χ4n) is 3.28. The van der Waals surface area contributed by atoms with Gasteiger partial charge >= 0.3 is 0 Å². The largest absolute Gasteiger partial charge is 0.389 e. The molecule has 1 rings (SSSR count). The Labute approximate surface area is 156 Å². The molecule has 0 spiro atoms. The minimum Gasteiger partial charge on any atom is -0.389 e. The molecule has 0 heterocycles. The number of rotatable bonds is 8. The molecular weight excluding hydrogens is 332 g/mol. The molecule has 5 heteroatoms. The van der Waals surface area contributed by atoms with Gasteiger partial charge in [-0.15, -0.1) is 0 Å². The highest BCUT2D eigenvalue weighted by atomic mass is 16.4. The average molecular weight is 364 g/mol. The smallest absolute Gasteiger partial charge is 0.185 e. The van der Waals surface area contributed by atoms with E-state index in [0.29, 0.717) is 6.42 Å². The van der Waals surface area contributed by atoms with Gasteiger partial charge in [0.1, 0.15) is 5.92 Å². The third kappa shape index (κ3) is 4.38. The van der Waals surface area contributed by atoms with E-state index < -0.39 is 46.8 Å². The van der Waals surface area contributed by atoms with Gasteiger partial charge in [0, 0.05) is 5.92 Å². The number of Topliss-reactive ketones (excluding diaryl/α,β-unsaturated/α-hetero) is 3. The zero-order valence-corrected chi connectivity index (χ0v) is 16.7. The van der Waals surface area contributed by atoms with E-state index in [9.17, 15) is 24.6 Å². The highest BCUT2D eigenvalue weighted by Crippen LogP contribution is 2.41. The van der Waals surface area contributed by atoms with Crippen LogP contribution in [0, 0.1) is 17.8 Å². The minimum absolute atomic E-state index is 0.0490. The second-order valence-electron chi connectivity index (χ2n) is 7.84. The Balaban J connectivity index is 3.35. The van der Waals surface area contributed by atoms with Gasteiger partial charge in [0.05, 0.1) is 12.0 Å². The Hall–Kier alpha value is -1.59. The molecule has 2 N–H and O–H groups in total. The maximum atomic E-state index is 12.9. The lowest BCUT2D eigenvalue weighted by Gasteiger charge is -2.31. The number of hydrogen-bond acceptors (Lipinski definition) is 5. The summed E-state index contributed by atoms with van der Waals surface area (Å²) in [7, 11) is 0. The van der Waals surface area contributed by atoms with Gasteiger partial charge in [-0.05, 0) is 47.0 Å². The van der Waals surface area contributed by atoms with Crippen LogP contribution in [-0.2, 0) is 14.4 Å². The highest BCUT2D eigenvalue weighted by molar-refractivity contribution is 6.28. The van der Waals surface area contributed by atoms with Crippen molar-refractivity contribution in [3.05, 3.63) is 23.3 Å². The molecule has 0 aromatic rings. The summed E-state index contributed by atoms with van der Waals surface area (Å²) in [4.78, 5) is 38.4. The van der Waals surface area contributed by atoms with Crippen LogP contribution in [-0.4, -0.2) is 39.3 Å². The lowest BCUT2D eigenvalue weighted by atomic mass is 9.80. The molecule has 0 radical (unpaired) electrons. The first kappa shape index (κ1) is 22.5. The maximum Gasteiger partial charge on any atom is 0.185 e. The monoisotopic (exact) mass is 364 g/mol. The summed E-state index contributed by atoms with van der Waals surface area (Å²) >= 11 is 0. The summed E-state index contributed by atoms with van der Waals surface area (Å²) in [5.74, 6) is -4.93. The molecule has 1 aliphatic carbocycles. The van der Waals surface area contributed by atoms with Crippen molar-refractivity contribution in [3.63, 3.8) is 0 Å². The lowest BCUT2D eigenvalue weighted by molar-refractivity contribution is -0.156. The minimum atomic E-state index is -2.23. The lowest BCUT2D eigenvalue weighted by Crippen LogP contribution is -2.52. The molecule has 1 aliphatic rings. The summed E-state index contributed by atoms with van der Waals surface area (Å²) in [6.07, 6.45) is 2.71. The van der Waals surface area contributed by atoms with Crippen molar-refractivity contribution < 1.29 is 24.6 Å². The number of ketones is 3. The van der Waals surface area contributed by atoms with Crippen LogP contribution in [0.1, 0.15) is 60.8 Å². The second kappa shape index (κ2) is 8.87. The topological polar surface area (TPSA) is 91.7 Å². The molecule has 26 heavy (non-hydrogen) atoms. The highest BCUT2D eigenvalue weighted by Gasteiger charge is 2.64. The molecule has 0 aromatic heterocycles. The van der Waals surface area contributed by atoms with Gasteiger partial charge < -0.3 is 10.2 Å². The Morgan fingerprint density at radius 1 is 1.15 bits per heavy atom. The first-order valence-electron chi connectivity index (χ1n) is 9.27. The van der Waals surface area contributed by atoms with Crippen LogP contribution in [0.2, 0.25) is 0 Å². The number of allylic oxidation sites excluding steroid dienone is 3. The van der Waals surface area contributed by atoms with Gasteiger partial charge in [-0.1, -0.05) is 37.1 Å². The molecule has 0 aromatic carbocycles. The molecule has 0 amide bonds. The summed E-state index contributed by atoms with van der Waals surface area (Å²) in [5, 5.41) is 21.7. The van der Waals surface area contributed by atoms with E-state index in [4.69, 9.17) is 0 Å². The molecule has 0 saturated heterocycles. The van der Waals surface area contributed by atoms with Crippen LogP contribution < -0.4 is 0 Å². The number of carbonyl (C=O) groups is 3. The van der Waals surface area contributed by atoms with Gasteiger partial charge in [0.25, 0.3) is 0 Å². The summed E-state index contributed by atoms with van der Waals surface area (Å²) in [6, 6.07) is 0. The molecule has 0 bridgehead atoms. The SMILES string of the molecule is CCC(C)C(=O)C1C(=O)C(CC=C(C)C)[C@@](O)([C@H](O)CC=C(C)C)C1=O. The predicted octanol–water partition coefficient (Wildman–Crippen LogP) is 2.79. The number of aliphatic hydroxyl groups excluding tert-OH is 1. The van der Waals surface area contributed by atoms with Crippen LogP contribution in [0.15, 0.2) is 23.3 Å². The number of carbonyl (C=O) groups excluding carboxylic acids is 3. The molecule has 1 fully saturated rings. The zero-order valence-electron chi connectivity index (χ0n) is 16.7. The van der Waals surface area contributed by atoms with Crippen molar-refractivity contribution in [2.75, 3.05) is 0 Å². The molecule has 1 saturated carbocycles. The Kier molecular flexibility index (Phi) is 7.66. The third-order valence-electron chi connectivity index (χ3n) is 5.22. The molecule has 5 nitrogen and oxygen atoms in total. The normalized spacial score (nSPS) is 27.8. The Morgan fingerprint density at radius 3 is 2.15 bits per heavy atom. The maximum absolute atomic E-state index is 12.9. The quantitative estimate of drug-likeness (QED) is 0.510. The molecular formula is C21H32O5. The standard InChI is InChI=1S/C21H32O5/c1-7-14(6)18(23)17-19(24)15(10-8-12(2)3)21(26,20(17)25)16(22)11-9-13(4)5/h8-9,14-17,22,26H,7,10-11H2,1-6H3/t14?,15?,16-,17?,21-/m1/s1. The van der Waals surface area contributed by atoms with E-state index >= 15 is 0 Å². The van der Waals surface area contributed by atoms with Gasteiger partial charge in [-0.25, -0.2) is 0 Å². The number of hydrogen-bond donors (Lipinski definition) is 2. The number of aliphatic hydroxyl groups is 2. The molecule has 3 unspecified atom stereocenters. The van der Waals surface area contributed by atoms with E-state index in [1.807, 2.05) is 34.6 Å². The van der Waals surface area contributed by atoms with Crippen molar-refractivity contribution in [2.45, 2.75) is 72.5 Å². The molecule has 146 valence electrons. The molecule has 5 atom stereocenters. The van der Waals surface area contributed by atoms with Crippen LogP contribution in [0.4, 0.5) is 0 Å². The predicted molar refractivity (Wildman–Crippen MR) is 101 cm³/mol. The van der Waals surface area contributed by atoms with Gasteiger partial charge in [0.2, 0.25) is 0 Å². The molecule has 0 aliphatic heterocycles. The summed E-state index contributed by atoms with van der Waals surface area (Å²) in [5.41, 5.74) is -0.372. The van der Waals surface area contributed by atoms with E-state index in [1.54, 1.807) is 19.1 Å². The zero-order chi connectivity index (χ0) is 20.2. The first-order valence-corrected chi connectivity index (χ1v) is 9.27. The van der Waals surface area contributed by atoms with Crippen LogP contribution in [0.5, 0.6) is 0 Å². The van der Waals surface area contributed by atoms with Crippen molar-refractivity contribution in [3.8, 4) is 0 Å².